The Kier molecular flexibility index (Phi) is 6.37. The van der Waals surface area contributed by atoms with E-state index in [9.17, 15) is 9.59 Å². The molecular formula is C24H29N3O2. The maximum Gasteiger partial charge on any atom is 0.253 e. The number of nitrogens with zero attached hydrogens (tertiary/aromatic N) is 3. The van der Waals surface area contributed by atoms with Gasteiger partial charge in [-0.05, 0) is 54.8 Å². The van der Waals surface area contributed by atoms with E-state index in [1.54, 1.807) is 37.2 Å². The third-order valence-electron chi connectivity index (χ3n) is 5.49. The molecule has 1 fully saturated rings. The second-order valence-corrected chi connectivity index (χ2v) is 7.69. The smallest absolute Gasteiger partial charge is 0.253 e. The van der Waals surface area contributed by atoms with Crippen LogP contribution in [0, 0.1) is 13.8 Å². The van der Waals surface area contributed by atoms with Gasteiger partial charge in [-0.25, -0.2) is 0 Å². The van der Waals surface area contributed by atoms with Crippen molar-refractivity contribution in [3.63, 3.8) is 0 Å². The molecule has 0 radical (unpaired) electrons. The maximum absolute atomic E-state index is 12.6. The summed E-state index contributed by atoms with van der Waals surface area (Å²) in [6, 6.07) is 13.7. The first kappa shape index (κ1) is 20.6. The Morgan fingerprint density at radius 3 is 2.21 bits per heavy atom. The van der Waals surface area contributed by atoms with E-state index < -0.39 is 0 Å². The Morgan fingerprint density at radius 1 is 0.931 bits per heavy atom. The minimum absolute atomic E-state index is 0.0269. The lowest BCUT2D eigenvalue weighted by molar-refractivity contribution is -0.126. The van der Waals surface area contributed by atoms with E-state index in [0.29, 0.717) is 18.7 Å². The molecule has 5 nitrogen and oxygen atoms in total. The summed E-state index contributed by atoms with van der Waals surface area (Å²) in [4.78, 5) is 30.3. The van der Waals surface area contributed by atoms with Gasteiger partial charge in [-0.1, -0.05) is 24.3 Å². The summed E-state index contributed by atoms with van der Waals surface area (Å²) in [6.45, 7) is 7.39. The zero-order chi connectivity index (χ0) is 21.0. The highest BCUT2D eigenvalue weighted by Crippen LogP contribution is 2.24. The van der Waals surface area contributed by atoms with Gasteiger partial charge in [0.2, 0.25) is 5.91 Å². The van der Waals surface area contributed by atoms with Crippen LogP contribution in [0.4, 0.5) is 5.69 Å². The van der Waals surface area contributed by atoms with Gasteiger partial charge >= 0.3 is 0 Å². The topological polar surface area (TPSA) is 43.9 Å². The Balaban J connectivity index is 1.57. The lowest BCUT2D eigenvalue weighted by atomic mass is 10.1. The summed E-state index contributed by atoms with van der Waals surface area (Å²) in [6.07, 6.45) is 3.43. The highest BCUT2D eigenvalue weighted by Gasteiger charge is 2.21. The minimum atomic E-state index is -0.0293. The third-order valence-corrected chi connectivity index (χ3v) is 5.49. The van der Waals surface area contributed by atoms with Gasteiger partial charge in [0.05, 0.1) is 0 Å². The van der Waals surface area contributed by atoms with Crippen LogP contribution in [-0.4, -0.2) is 61.9 Å². The molecule has 152 valence electrons. The van der Waals surface area contributed by atoms with Gasteiger partial charge in [0, 0.05) is 57.6 Å². The SMILES string of the molecule is Cc1cccc(N2CCN(C(=O)/C=C/c3ccc(C(=O)N(C)C)cc3)CC2)c1C. The fourth-order valence-corrected chi connectivity index (χ4v) is 3.51. The van der Waals surface area contributed by atoms with Gasteiger partial charge in [-0.15, -0.1) is 0 Å². The van der Waals surface area contributed by atoms with Crippen LogP contribution >= 0.6 is 0 Å². The summed E-state index contributed by atoms with van der Waals surface area (Å²) in [5, 5.41) is 0. The summed E-state index contributed by atoms with van der Waals surface area (Å²) in [5.41, 5.74) is 5.41. The molecule has 2 aromatic carbocycles. The zero-order valence-corrected chi connectivity index (χ0v) is 17.7. The molecular weight excluding hydrogens is 362 g/mol. The average molecular weight is 392 g/mol. The third kappa shape index (κ3) is 4.86. The maximum atomic E-state index is 12.6. The summed E-state index contributed by atoms with van der Waals surface area (Å²) >= 11 is 0. The van der Waals surface area contributed by atoms with E-state index in [4.69, 9.17) is 0 Å². The predicted molar refractivity (Wildman–Crippen MR) is 118 cm³/mol. The minimum Gasteiger partial charge on any atom is -0.368 e. The number of benzene rings is 2. The number of aryl methyl sites for hydroxylation is 1. The molecule has 0 atom stereocenters. The van der Waals surface area contributed by atoms with E-state index in [-0.39, 0.29) is 11.8 Å². The summed E-state index contributed by atoms with van der Waals surface area (Å²) < 4.78 is 0. The van der Waals surface area contributed by atoms with Gasteiger partial charge in [-0.2, -0.15) is 0 Å². The molecule has 0 aliphatic carbocycles. The molecule has 0 bridgehead atoms. The van der Waals surface area contributed by atoms with Gasteiger partial charge < -0.3 is 14.7 Å². The van der Waals surface area contributed by atoms with Crippen molar-refractivity contribution in [3.05, 3.63) is 70.8 Å². The van der Waals surface area contributed by atoms with Crippen LogP contribution in [0.25, 0.3) is 6.08 Å². The number of hydrogen-bond donors (Lipinski definition) is 0. The van der Waals surface area contributed by atoms with Crippen LogP contribution < -0.4 is 4.90 Å². The lowest BCUT2D eigenvalue weighted by Gasteiger charge is -2.36. The van der Waals surface area contributed by atoms with Crippen LogP contribution in [0.5, 0.6) is 0 Å². The van der Waals surface area contributed by atoms with Crippen molar-refractivity contribution in [2.24, 2.45) is 0 Å². The standard InChI is InChI=1S/C24H29N3O2/c1-18-6-5-7-22(19(18)2)26-14-16-27(17-15-26)23(28)13-10-20-8-11-21(12-9-20)24(29)25(3)4/h5-13H,14-17H2,1-4H3/b13-10+. The number of carbonyl (C=O) groups is 2. The molecule has 1 heterocycles. The van der Waals surface area contributed by atoms with E-state index in [0.717, 1.165) is 18.7 Å². The highest BCUT2D eigenvalue weighted by molar-refractivity contribution is 5.94. The molecule has 1 aliphatic rings. The molecule has 29 heavy (non-hydrogen) atoms. The number of carbonyl (C=O) groups excluding carboxylic acids is 2. The van der Waals surface area contributed by atoms with E-state index in [1.165, 1.54) is 16.8 Å². The van der Waals surface area contributed by atoms with Crippen molar-refractivity contribution in [1.82, 2.24) is 9.80 Å². The van der Waals surface area contributed by atoms with Crippen molar-refractivity contribution in [1.29, 1.82) is 0 Å². The van der Waals surface area contributed by atoms with Gasteiger partial charge in [0.15, 0.2) is 0 Å². The predicted octanol–water partition coefficient (Wildman–Crippen LogP) is 3.37. The van der Waals surface area contributed by atoms with Crippen LogP contribution in [-0.2, 0) is 4.79 Å². The first-order chi connectivity index (χ1) is 13.9. The van der Waals surface area contributed by atoms with Crippen molar-refractivity contribution in [3.8, 4) is 0 Å². The molecule has 3 rings (SSSR count). The second-order valence-electron chi connectivity index (χ2n) is 7.69. The molecule has 0 N–H and O–H groups in total. The first-order valence-corrected chi connectivity index (χ1v) is 9.96. The molecule has 2 aromatic rings. The van der Waals surface area contributed by atoms with Crippen LogP contribution in [0.15, 0.2) is 48.5 Å². The number of piperazine rings is 1. The fourth-order valence-electron chi connectivity index (χ4n) is 3.51. The van der Waals surface area contributed by atoms with E-state index >= 15 is 0 Å². The molecule has 1 saturated heterocycles. The van der Waals surface area contributed by atoms with Crippen molar-refractivity contribution in [2.75, 3.05) is 45.2 Å². The first-order valence-electron chi connectivity index (χ1n) is 9.96. The number of anilines is 1. The van der Waals surface area contributed by atoms with Crippen molar-refractivity contribution >= 4 is 23.6 Å². The van der Waals surface area contributed by atoms with Gasteiger partial charge in [0.25, 0.3) is 5.91 Å². The molecule has 2 amide bonds. The molecule has 1 aliphatic heterocycles. The van der Waals surface area contributed by atoms with Crippen LogP contribution in [0.3, 0.4) is 0 Å². The molecule has 0 saturated carbocycles. The quantitative estimate of drug-likeness (QED) is 0.751. The molecule has 0 spiro atoms. The van der Waals surface area contributed by atoms with Crippen molar-refractivity contribution < 1.29 is 9.59 Å². The highest BCUT2D eigenvalue weighted by atomic mass is 16.2. The molecule has 0 unspecified atom stereocenters. The van der Waals surface area contributed by atoms with Gasteiger partial charge in [-0.3, -0.25) is 9.59 Å². The van der Waals surface area contributed by atoms with Gasteiger partial charge in [0.1, 0.15) is 0 Å². The molecule has 0 aromatic heterocycles. The Hall–Kier alpha value is -3.08. The number of hydrogen-bond acceptors (Lipinski definition) is 3. The second kappa shape index (κ2) is 8.95. The number of rotatable bonds is 4. The lowest BCUT2D eigenvalue weighted by Crippen LogP contribution is -2.48. The molecule has 5 heteroatoms. The fraction of sp³-hybridized carbons (Fsp3) is 0.333. The van der Waals surface area contributed by atoms with Crippen LogP contribution in [0.2, 0.25) is 0 Å². The summed E-state index contributed by atoms with van der Waals surface area (Å²) in [5.74, 6) is -0.00242. The largest absolute Gasteiger partial charge is 0.368 e. The summed E-state index contributed by atoms with van der Waals surface area (Å²) in [7, 11) is 3.46. The number of amides is 2. The van der Waals surface area contributed by atoms with E-state index in [2.05, 4.69) is 36.9 Å². The van der Waals surface area contributed by atoms with E-state index in [1.807, 2.05) is 23.1 Å². The Labute approximate surface area is 173 Å². The Morgan fingerprint density at radius 2 is 1.59 bits per heavy atom. The van der Waals surface area contributed by atoms with Crippen LogP contribution in [0.1, 0.15) is 27.0 Å². The monoisotopic (exact) mass is 391 g/mol. The Bertz CT molecular complexity index is 908. The van der Waals surface area contributed by atoms with Crippen molar-refractivity contribution in [2.45, 2.75) is 13.8 Å². The normalized spacial score (nSPS) is 14.3. The average Bonchev–Trinajstić information content (AvgIpc) is 2.74. The zero-order valence-electron chi connectivity index (χ0n) is 17.7.